The molecule has 1 aromatic carbocycles. The van der Waals surface area contributed by atoms with Crippen molar-refractivity contribution in [3.8, 4) is 0 Å². The van der Waals surface area contributed by atoms with Crippen LogP contribution in [0.2, 0.25) is 0 Å². The van der Waals surface area contributed by atoms with Crippen LogP contribution >= 0.6 is 15.9 Å². The van der Waals surface area contributed by atoms with Gasteiger partial charge in [0, 0.05) is 16.7 Å². The Labute approximate surface area is 104 Å². The van der Waals surface area contributed by atoms with Crippen LogP contribution in [0.15, 0.2) is 44.5 Å². The van der Waals surface area contributed by atoms with Gasteiger partial charge < -0.3 is 0 Å². The fourth-order valence-electron chi connectivity index (χ4n) is 1.40. The van der Waals surface area contributed by atoms with Gasteiger partial charge in [-0.15, -0.1) is 0 Å². The molecule has 0 aliphatic heterocycles. The lowest BCUT2D eigenvalue weighted by molar-refractivity contribution is 0.624. The van der Waals surface area contributed by atoms with E-state index >= 15 is 0 Å². The third-order valence-corrected chi connectivity index (χ3v) is 2.99. The molecule has 0 aliphatic carbocycles. The molecule has 88 valence electrons. The van der Waals surface area contributed by atoms with Gasteiger partial charge in [0.05, 0.1) is 6.54 Å². The van der Waals surface area contributed by atoms with Crippen molar-refractivity contribution in [1.29, 1.82) is 0 Å². The van der Waals surface area contributed by atoms with E-state index in [1.807, 2.05) is 0 Å². The molecule has 1 heterocycles. The van der Waals surface area contributed by atoms with Gasteiger partial charge in [-0.05, 0) is 17.7 Å². The van der Waals surface area contributed by atoms with Gasteiger partial charge in [-0.2, -0.15) is 0 Å². The van der Waals surface area contributed by atoms with Crippen LogP contribution in [0, 0.1) is 5.82 Å². The average Bonchev–Trinajstić information content (AvgIpc) is 2.25. The van der Waals surface area contributed by atoms with Gasteiger partial charge in [0.1, 0.15) is 5.82 Å². The van der Waals surface area contributed by atoms with Crippen molar-refractivity contribution in [2.75, 3.05) is 0 Å². The lowest BCUT2D eigenvalue weighted by Gasteiger charge is -2.06. The molecule has 0 saturated carbocycles. The number of nitrogens with zero attached hydrogens (tertiary/aromatic N) is 1. The molecule has 0 fully saturated rings. The quantitative estimate of drug-likeness (QED) is 0.913. The largest absolute Gasteiger partial charge is 0.328 e. The highest BCUT2D eigenvalue weighted by Gasteiger charge is 2.04. The molecule has 1 aromatic heterocycles. The maximum atomic E-state index is 12.9. The Morgan fingerprint density at radius 2 is 2.06 bits per heavy atom. The number of nitrogens with one attached hydrogen (secondary N) is 1. The molecule has 0 aliphatic rings. The Balaban J connectivity index is 2.38. The number of aromatic nitrogens is 2. The van der Waals surface area contributed by atoms with Crippen LogP contribution in [0.4, 0.5) is 4.39 Å². The van der Waals surface area contributed by atoms with E-state index < -0.39 is 11.2 Å². The zero-order valence-electron chi connectivity index (χ0n) is 8.61. The van der Waals surface area contributed by atoms with E-state index in [1.165, 1.54) is 29.0 Å². The van der Waals surface area contributed by atoms with E-state index in [0.29, 0.717) is 4.47 Å². The summed E-state index contributed by atoms with van der Waals surface area (Å²) in [4.78, 5) is 24.5. The highest BCUT2D eigenvalue weighted by atomic mass is 79.9. The molecule has 0 saturated heterocycles. The van der Waals surface area contributed by atoms with Gasteiger partial charge in [-0.1, -0.05) is 22.0 Å². The molecule has 0 amide bonds. The third-order valence-electron chi connectivity index (χ3n) is 2.25. The number of H-pyrrole nitrogens is 1. The van der Waals surface area contributed by atoms with Gasteiger partial charge in [0.2, 0.25) is 0 Å². The predicted octanol–water partition coefficient (Wildman–Crippen LogP) is 1.49. The first-order valence-corrected chi connectivity index (χ1v) is 5.59. The standard InChI is InChI=1S/C11H8BrFN2O2/c12-9-5-8(13)2-1-7(9)6-15-4-3-10(16)14-11(15)17/h1-5H,6H2,(H,14,16,17). The number of halogens is 2. The average molecular weight is 299 g/mol. The molecule has 0 unspecified atom stereocenters. The van der Waals surface area contributed by atoms with Crippen LogP contribution < -0.4 is 11.2 Å². The van der Waals surface area contributed by atoms with Crippen LogP contribution in [0.3, 0.4) is 0 Å². The molecule has 0 bridgehead atoms. The summed E-state index contributed by atoms with van der Waals surface area (Å²) in [6.07, 6.45) is 1.40. The Bertz CT molecular complexity index is 663. The monoisotopic (exact) mass is 298 g/mol. The van der Waals surface area contributed by atoms with E-state index in [1.54, 1.807) is 6.07 Å². The molecule has 2 aromatic rings. The summed E-state index contributed by atoms with van der Waals surface area (Å²) in [5.41, 5.74) is -0.182. The van der Waals surface area contributed by atoms with E-state index in [0.717, 1.165) is 5.56 Å². The highest BCUT2D eigenvalue weighted by molar-refractivity contribution is 9.10. The minimum absolute atomic E-state index is 0.260. The van der Waals surface area contributed by atoms with Crippen LogP contribution in [-0.4, -0.2) is 9.55 Å². The molecule has 0 spiro atoms. The Morgan fingerprint density at radius 3 is 2.71 bits per heavy atom. The Kier molecular flexibility index (Phi) is 3.23. The van der Waals surface area contributed by atoms with Crippen molar-refractivity contribution < 1.29 is 4.39 Å². The van der Waals surface area contributed by atoms with Crippen LogP contribution in [0.5, 0.6) is 0 Å². The second kappa shape index (κ2) is 4.67. The molecule has 0 atom stereocenters. The zero-order valence-corrected chi connectivity index (χ0v) is 10.2. The predicted molar refractivity (Wildman–Crippen MR) is 64.5 cm³/mol. The Hall–Kier alpha value is -1.69. The van der Waals surface area contributed by atoms with Crippen LogP contribution in [-0.2, 0) is 6.54 Å². The molecule has 4 nitrogen and oxygen atoms in total. The minimum Gasteiger partial charge on any atom is -0.296 e. The van der Waals surface area contributed by atoms with Crippen LogP contribution in [0.1, 0.15) is 5.56 Å². The van der Waals surface area contributed by atoms with Gasteiger partial charge in [0.15, 0.2) is 0 Å². The van der Waals surface area contributed by atoms with E-state index in [2.05, 4.69) is 20.9 Å². The minimum atomic E-state index is -0.492. The lowest BCUT2D eigenvalue weighted by Crippen LogP contribution is -2.28. The highest BCUT2D eigenvalue weighted by Crippen LogP contribution is 2.18. The number of aromatic amines is 1. The second-order valence-corrected chi connectivity index (χ2v) is 4.33. The lowest BCUT2D eigenvalue weighted by atomic mass is 10.2. The molecule has 2 rings (SSSR count). The first-order chi connectivity index (χ1) is 8.06. The maximum Gasteiger partial charge on any atom is 0.328 e. The van der Waals surface area contributed by atoms with Crippen molar-refractivity contribution >= 4 is 15.9 Å². The van der Waals surface area contributed by atoms with Crippen molar-refractivity contribution in [3.63, 3.8) is 0 Å². The number of benzene rings is 1. The van der Waals surface area contributed by atoms with Crippen LogP contribution in [0.25, 0.3) is 0 Å². The summed E-state index contributed by atoms with van der Waals surface area (Å²) >= 11 is 3.22. The molecule has 17 heavy (non-hydrogen) atoms. The Morgan fingerprint density at radius 1 is 1.29 bits per heavy atom. The van der Waals surface area contributed by atoms with E-state index in [9.17, 15) is 14.0 Å². The summed E-state index contributed by atoms with van der Waals surface area (Å²) in [5.74, 6) is -0.352. The second-order valence-electron chi connectivity index (χ2n) is 3.47. The maximum absolute atomic E-state index is 12.9. The normalized spacial score (nSPS) is 10.5. The van der Waals surface area contributed by atoms with Crippen molar-refractivity contribution in [3.05, 3.63) is 67.2 Å². The molecule has 0 radical (unpaired) electrons. The zero-order chi connectivity index (χ0) is 12.4. The van der Waals surface area contributed by atoms with Crippen molar-refractivity contribution in [2.45, 2.75) is 6.54 Å². The number of hydrogen-bond acceptors (Lipinski definition) is 2. The molecule has 6 heteroatoms. The first kappa shape index (κ1) is 11.8. The smallest absolute Gasteiger partial charge is 0.296 e. The van der Waals surface area contributed by atoms with Gasteiger partial charge in [-0.25, -0.2) is 9.18 Å². The molecule has 1 N–H and O–H groups in total. The fourth-order valence-corrected chi connectivity index (χ4v) is 1.88. The third kappa shape index (κ3) is 2.71. The van der Waals surface area contributed by atoms with E-state index in [-0.39, 0.29) is 12.4 Å². The summed E-state index contributed by atoms with van der Waals surface area (Å²) in [6, 6.07) is 5.48. The van der Waals surface area contributed by atoms with E-state index in [4.69, 9.17) is 0 Å². The molecular weight excluding hydrogens is 291 g/mol. The summed E-state index contributed by atoms with van der Waals surface area (Å²) in [6.45, 7) is 0.260. The van der Waals surface area contributed by atoms with Gasteiger partial charge in [-0.3, -0.25) is 14.3 Å². The number of rotatable bonds is 2. The summed E-state index contributed by atoms with van der Waals surface area (Å²) in [5, 5.41) is 0. The topological polar surface area (TPSA) is 54.9 Å². The van der Waals surface area contributed by atoms with Crippen molar-refractivity contribution in [1.82, 2.24) is 9.55 Å². The first-order valence-electron chi connectivity index (χ1n) is 4.80. The van der Waals surface area contributed by atoms with Crippen molar-refractivity contribution in [2.24, 2.45) is 0 Å². The molecular formula is C11H8BrFN2O2. The SMILES string of the molecule is O=c1ccn(Cc2ccc(F)cc2Br)c(=O)[nH]1. The summed E-state index contributed by atoms with van der Waals surface area (Å²) < 4.78 is 14.8. The van der Waals surface area contributed by atoms with Gasteiger partial charge >= 0.3 is 5.69 Å². The fraction of sp³-hybridized carbons (Fsp3) is 0.0909. The van der Waals surface area contributed by atoms with Gasteiger partial charge in [0.25, 0.3) is 5.56 Å². The number of hydrogen-bond donors (Lipinski definition) is 1. The summed E-state index contributed by atoms with van der Waals surface area (Å²) in [7, 11) is 0.